The van der Waals surface area contributed by atoms with Crippen molar-refractivity contribution in [2.45, 2.75) is 0 Å². The number of benzene rings is 2. The van der Waals surface area contributed by atoms with Crippen molar-refractivity contribution in [3.63, 3.8) is 0 Å². The van der Waals surface area contributed by atoms with E-state index in [1.54, 1.807) is 0 Å². The Hall–Kier alpha value is -0.780. The van der Waals surface area contributed by atoms with Gasteiger partial charge in [0, 0.05) is 17.2 Å². The topological polar surface area (TPSA) is 43.1 Å². The highest BCUT2D eigenvalue weighted by Gasteiger charge is 2.23. The molecule has 0 aromatic heterocycles. The predicted molar refractivity (Wildman–Crippen MR) is 83.5 cm³/mol. The maximum Gasteiger partial charge on any atom is 0.272 e. The summed E-state index contributed by atoms with van der Waals surface area (Å²) >= 11 is 29.7. The van der Waals surface area contributed by atoms with Crippen LogP contribution in [0.15, 0.2) is 18.2 Å². The van der Waals surface area contributed by atoms with Crippen molar-refractivity contribution in [3.05, 3.63) is 59.2 Å². The van der Waals surface area contributed by atoms with Gasteiger partial charge in [0.05, 0.1) is 36.1 Å². The molecule has 0 saturated carbocycles. The van der Waals surface area contributed by atoms with Crippen molar-refractivity contribution in [2.24, 2.45) is 0 Å². The van der Waals surface area contributed by atoms with Crippen LogP contribution in [0.2, 0.25) is 25.1 Å². The van der Waals surface area contributed by atoms with Crippen molar-refractivity contribution in [2.75, 3.05) is 0 Å². The van der Waals surface area contributed by atoms with E-state index in [0.717, 1.165) is 12.1 Å². The Kier molecular flexibility index (Phi) is 4.85. The highest BCUT2D eigenvalue weighted by molar-refractivity contribution is 6.56. The van der Waals surface area contributed by atoms with E-state index < -0.39 is 16.4 Å². The van der Waals surface area contributed by atoms with E-state index in [0.29, 0.717) is 0 Å². The highest BCUT2D eigenvalue weighted by atomic mass is 35.5. The zero-order chi connectivity index (χ0) is 15.9. The monoisotopic (exact) mass is 387 g/mol. The van der Waals surface area contributed by atoms with Gasteiger partial charge in [-0.2, -0.15) is 0 Å². The molecular formula is C12H3Cl5FNO2. The fraction of sp³-hybridized carbons (Fsp3) is 0. The predicted octanol–water partition coefficient (Wildman–Crippen LogP) is 6.67. The number of nitro groups is 1. The van der Waals surface area contributed by atoms with Crippen LogP contribution >= 0.6 is 58.0 Å². The lowest BCUT2D eigenvalue weighted by molar-refractivity contribution is -0.385. The molecule has 0 aliphatic heterocycles. The van der Waals surface area contributed by atoms with E-state index in [4.69, 9.17) is 58.0 Å². The van der Waals surface area contributed by atoms with Crippen molar-refractivity contribution >= 4 is 63.7 Å². The first-order chi connectivity index (χ1) is 9.75. The molecule has 0 aliphatic rings. The molecule has 2 aromatic carbocycles. The third kappa shape index (κ3) is 2.91. The quantitative estimate of drug-likeness (QED) is 0.249. The average Bonchev–Trinajstić information content (AvgIpc) is 2.44. The smallest absolute Gasteiger partial charge is 0.258 e. The van der Waals surface area contributed by atoms with Gasteiger partial charge >= 0.3 is 0 Å². The first-order valence-electron chi connectivity index (χ1n) is 5.21. The molecule has 0 radical (unpaired) electrons. The summed E-state index contributed by atoms with van der Waals surface area (Å²) in [4.78, 5) is 9.89. The first-order valence-corrected chi connectivity index (χ1v) is 7.10. The van der Waals surface area contributed by atoms with Crippen LogP contribution in [0.4, 0.5) is 10.1 Å². The van der Waals surface area contributed by atoms with Crippen LogP contribution < -0.4 is 0 Å². The molecule has 0 bridgehead atoms. The van der Waals surface area contributed by atoms with E-state index in [2.05, 4.69) is 0 Å². The standard InChI is InChI=1S/C12H3Cl5FNO2/c13-8-7(9(14)11(16)12(17)10(8)15)5-2-1-4(19(20)21)3-6(5)18/h1-3H. The molecule has 0 unspecified atom stereocenters. The summed E-state index contributed by atoms with van der Waals surface area (Å²) in [7, 11) is 0. The van der Waals surface area contributed by atoms with Crippen molar-refractivity contribution in [1.29, 1.82) is 0 Å². The molecule has 0 atom stereocenters. The van der Waals surface area contributed by atoms with E-state index in [1.165, 1.54) is 6.07 Å². The molecule has 110 valence electrons. The summed E-state index contributed by atoms with van der Waals surface area (Å²) in [5.41, 5.74) is -0.462. The second kappa shape index (κ2) is 6.15. The maximum atomic E-state index is 14.1. The van der Waals surface area contributed by atoms with Gasteiger partial charge in [-0.3, -0.25) is 10.1 Å². The molecule has 0 saturated heterocycles. The van der Waals surface area contributed by atoms with Gasteiger partial charge in [-0.25, -0.2) is 4.39 Å². The van der Waals surface area contributed by atoms with Gasteiger partial charge in [-0.15, -0.1) is 0 Å². The molecule has 2 rings (SSSR count). The second-order valence-corrected chi connectivity index (χ2v) is 5.76. The molecule has 3 nitrogen and oxygen atoms in total. The lowest BCUT2D eigenvalue weighted by Gasteiger charge is -2.13. The molecule has 0 heterocycles. The Balaban J connectivity index is 2.77. The van der Waals surface area contributed by atoms with Gasteiger partial charge in [-0.1, -0.05) is 58.0 Å². The highest BCUT2D eigenvalue weighted by Crippen LogP contribution is 2.48. The normalized spacial score (nSPS) is 10.8. The van der Waals surface area contributed by atoms with E-state index >= 15 is 0 Å². The second-order valence-electron chi connectivity index (χ2n) is 3.87. The third-order valence-corrected chi connectivity index (χ3v) is 4.92. The fourth-order valence-corrected chi connectivity index (χ4v) is 3.00. The van der Waals surface area contributed by atoms with E-state index in [1.807, 2.05) is 0 Å². The number of rotatable bonds is 2. The molecule has 0 spiro atoms. The van der Waals surface area contributed by atoms with Crippen LogP contribution in [0.5, 0.6) is 0 Å². The average molecular weight is 389 g/mol. The summed E-state index contributed by atoms with van der Waals surface area (Å²) < 4.78 is 14.1. The van der Waals surface area contributed by atoms with Crippen LogP contribution in [-0.2, 0) is 0 Å². The van der Waals surface area contributed by atoms with Crippen LogP contribution in [0.3, 0.4) is 0 Å². The minimum atomic E-state index is -0.887. The van der Waals surface area contributed by atoms with Crippen molar-refractivity contribution < 1.29 is 9.31 Å². The molecule has 0 fully saturated rings. The minimum absolute atomic E-state index is 0.0186. The number of hydrogen-bond acceptors (Lipinski definition) is 2. The number of hydrogen-bond donors (Lipinski definition) is 0. The summed E-state index contributed by atoms with van der Waals surface area (Å²) in [5.74, 6) is -0.887. The lowest BCUT2D eigenvalue weighted by Crippen LogP contribution is -1.93. The molecule has 9 heteroatoms. The molecular weight excluding hydrogens is 386 g/mol. The van der Waals surface area contributed by atoms with Gasteiger partial charge in [0.1, 0.15) is 5.82 Å². The fourth-order valence-electron chi connectivity index (χ4n) is 1.66. The zero-order valence-corrected chi connectivity index (χ0v) is 13.5. The Labute approximate surface area is 143 Å². The maximum absolute atomic E-state index is 14.1. The lowest BCUT2D eigenvalue weighted by atomic mass is 10.0. The van der Waals surface area contributed by atoms with Crippen LogP contribution in [0.25, 0.3) is 11.1 Å². The Morgan fingerprint density at radius 1 is 0.905 bits per heavy atom. The largest absolute Gasteiger partial charge is 0.272 e. The van der Waals surface area contributed by atoms with Gasteiger partial charge in [-0.05, 0) is 6.07 Å². The zero-order valence-electron chi connectivity index (χ0n) is 9.76. The Bertz CT molecular complexity index is 737. The third-order valence-electron chi connectivity index (χ3n) is 2.64. The molecule has 2 aromatic rings. The van der Waals surface area contributed by atoms with Crippen molar-refractivity contribution in [1.82, 2.24) is 0 Å². The van der Waals surface area contributed by atoms with Gasteiger partial charge < -0.3 is 0 Å². The molecule has 21 heavy (non-hydrogen) atoms. The minimum Gasteiger partial charge on any atom is -0.258 e. The molecule has 0 aliphatic carbocycles. The Morgan fingerprint density at radius 2 is 1.38 bits per heavy atom. The summed E-state index contributed by atoms with van der Waals surface area (Å²) in [6.45, 7) is 0. The van der Waals surface area contributed by atoms with Crippen molar-refractivity contribution in [3.8, 4) is 11.1 Å². The number of nitro benzene ring substituents is 1. The van der Waals surface area contributed by atoms with Gasteiger partial charge in [0.2, 0.25) is 0 Å². The number of non-ortho nitro benzene ring substituents is 1. The van der Waals surface area contributed by atoms with Crippen LogP contribution in [-0.4, -0.2) is 4.92 Å². The van der Waals surface area contributed by atoms with Gasteiger partial charge in [0.25, 0.3) is 5.69 Å². The Morgan fingerprint density at radius 3 is 1.81 bits per heavy atom. The first kappa shape index (κ1) is 16.6. The van der Waals surface area contributed by atoms with Crippen LogP contribution in [0, 0.1) is 15.9 Å². The van der Waals surface area contributed by atoms with E-state index in [-0.39, 0.29) is 36.2 Å². The summed E-state index contributed by atoms with van der Waals surface area (Å²) in [6, 6.07) is 3.03. The SMILES string of the molecule is O=[N+]([O-])c1ccc(-c2c(Cl)c(Cl)c(Cl)c(Cl)c2Cl)c(F)c1. The van der Waals surface area contributed by atoms with Crippen LogP contribution in [0.1, 0.15) is 0 Å². The summed E-state index contributed by atoms with van der Waals surface area (Å²) in [5, 5.41) is 10.2. The summed E-state index contributed by atoms with van der Waals surface area (Å²) in [6.07, 6.45) is 0. The molecule has 0 amide bonds. The number of nitrogens with zero attached hydrogens (tertiary/aromatic N) is 1. The molecule has 0 N–H and O–H groups in total. The van der Waals surface area contributed by atoms with E-state index in [9.17, 15) is 14.5 Å². The van der Waals surface area contributed by atoms with Gasteiger partial charge in [0.15, 0.2) is 0 Å². The number of halogens is 6.